The van der Waals surface area contributed by atoms with Crippen LogP contribution in [0.2, 0.25) is 0 Å². The van der Waals surface area contributed by atoms with Crippen LogP contribution in [-0.4, -0.2) is 14.7 Å². The highest BCUT2D eigenvalue weighted by Crippen LogP contribution is 2.22. The Morgan fingerprint density at radius 2 is 2.28 bits per heavy atom. The summed E-state index contributed by atoms with van der Waals surface area (Å²) in [7, 11) is 1.85. The lowest BCUT2D eigenvalue weighted by Gasteiger charge is -2.07. The van der Waals surface area contributed by atoms with E-state index in [2.05, 4.69) is 10.4 Å². The van der Waals surface area contributed by atoms with Gasteiger partial charge in [0.2, 0.25) is 0 Å². The summed E-state index contributed by atoms with van der Waals surface area (Å²) in [4.78, 5) is 10.3. The van der Waals surface area contributed by atoms with Gasteiger partial charge in [0.15, 0.2) is 0 Å². The number of benzene rings is 1. The van der Waals surface area contributed by atoms with Gasteiger partial charge in [0.05, 0.1) is 11.1 Å². The Balaban J connectivity index is 2.13. The largest absolute Gasteiger partial charge is 0.380 e. The molecule has 1 aromatic carbocycles. The molecular weight excluding hydrogens is 232 g/mol. The molecule has 6 nitrogen and oxygen atoms in total. The van der Waals surface area contributed by atoms with Crippen molar-refractivity contribution >= 4 is 11.4 Å². The maximum Gasteiger partial charge on any atom is 0.271 e. The van der Waals surface area contributed by atoms with Gasteiger partial charge in [0, 0.05) is 43.2 Å². The fourth-order valence-electron chi connectivity index (χ4n) is 1.67. The Bertz CT molecular complexity index is 577. The smallest absolute Gasteiger partial charge is 0.271 e. The van der Waals surface area contributed by atoms with E-state index < -0.39 is 4.92 Å². The van der Waals surface area contributed by atoms with Gasteiger partial charge < -0.3 is 5.32 Å². The number of nitro groups is 1. The Hall–Kier alpha value is -2.37. The average Bonchev–Trinajstić information content (AvgIpc) is 2.74. The molecule has 2 rings (SSSR count). The molecule has 0 bridgehead atoms. The molecule has 0 spiro atoms. The van der Waals surface area contributed by atoms with Crippen LogP contribution in [0.15, 0.2) is 30.6 Å². The van der Waals surface area contributed by atoms with Crippen molar-refractivity contribution in [3.63, 3.8) is 0 Å². The zero-order valence-corrected chi connectivity index (χ0v) is 10.3. The molecule has 1 aromatic heterocycles. The minimum Gasteiger partial charge on any atom is -0.380 e. The number of hydrogen-bond donors (Lipinski definition) is 1. The van der Waals surface area contributed by atoms with Gasteiger partial charge in [-0.15, -0.1) is 0 Å². The van der Waals surface area contributed by atoms with Gasteiger partial charge in [-0.1, -0.05) is 6.07 Å². The molecule has 0 saturated carbocycles. The van der Waals surface area contributed by atoms with Gasteiger partial charge in [0.1, 0.15) is 0 Å². The molecule has 6 heteroatoms. The van der Waals surface area contributed by atoms with Gasteiger partial charge in [-0.2, -0.15) is 5.10 Å². The number of nitro benzene ring substituents is 1. The van der Waals surface area contributed by atoms with E-state index in [0.29, 0.717) is 6.54 Å². The van der Waals surface area contributed by atoms with Crippen molar-refractivity contribution in [2.75, 3.05) is 5.32 Å². The highest BCUT2D eigenvalue weighted by Gasteiger charge is 2.08. The monoisotopic (exact) mass is 246 g/mol. The second-order valence-electron chi connectivity index (χ2n) is 4.13. The van der Waals surface area contributed by atoms with Crippen LogP contribution in [0.1, 0.15) is 11.1 Å². The minimum atomic E-state index is -0.394. The second kappa shape index (κ2) is 4.87. The highest BCUT2D eigenvalue weighted by molar-refractivity contribution is 5.56. The third kappa shape index (κ3) is 2.65. The molecule has 1 heterocycles. The maximum atomic E-state index is 10.7. The van der Waals surface area contributed by atoms with Crippen LogP contribution in [0.3, 0.4) is 0 Å². The summed E-state index contributed by atoms with van der Waals surface area (Å²) in [5, 5.41) is 18.0. The second-order valence-corrected chi connectivity index (χ2v) is 4.13. The summed E-state index contributed by atoms with van der Waals surface area (Å²) in [5.74, 6) is 0. The predicted molar refractivity (Wildman–Crippen MR) is 68.4 cm³/mol. The van der Waals surface area contributed by atoms with Crippen LogP contribution in [0.5, 0.6) is 0 Å². The number of aryl methyl sites for hydroxylation is 2. The van der Waals surface area contributed by atoms with E-state index in [0.717, 1.165) is 16.8 Å². The number of anilines is 1. The summed E-state index contributed by atoms with van der Waals surface area (Å²) >= 11 is 0. The van der Waals surface area contributed by atoms with E-state index >= 15 is 0 Å². The molecule has 1 N–H and O–H groups in total. The van der Waals surface area contributed by atoms with Crippen LogP contribution >= 0.6 is 0 Å². The number of aromatic nitrogens is 2. The summed E-state index contributed by atoms with van der Waals surface area (Å²) in [6.45, 7) is 2.51. The summed E-state index contributed by atoms with van der Waals surface area (Å²) < 4.78 is 1.72. The Kier molecular flexibility index (Phi) is 3.27. The molecule has 0 aliphatic carbocycles. The normalized spacial score (nSPS) is 10.3. The number of nitrogens with zero attached hydrogens (tertiary/aromatic N) is 3. The first-order valence-corrected chi connectivity index (χ1v) is 5.52. The Morgan fingerprint density at radius 3 is 2.89 bits per heavy atom. The molecule has 0 atom stereocenters. The molecule has 18 heavy (non-hydrogen) atoms. The lowest BCUT2D eigenvalue weighted by molar-refractivity contribution is -0.384. The lowest BCUT2D eigenvalue weighted by Crippen LogP contribution is -2.01. The summed E-state index contributed by atoms with van der Waals surface area (Å²) in [6.07, 6.45) is 3.67. The van der Waals surface area contributed by atoms with E-state index in [4.69, 9.17) is 0 Å². The molecule has 0 fully saturated rings. The third-order valence-electron chi connectivity index (χ3n) is 2.67. The van der Waals surface area contributed by atoms with Crippen LogP contribution in [0.25, 0.3) is 0 Å². The van der Waals surface area contributed by atoms with Crippen molar-refractivity contribution in [3.8, 4) is 0 Å². The summed E-state index contributed by atoms with van der Waals surface area (Å²) in [5.41, 5.74) is 2.87. The Morgan fingerprint density at radius 1 is 1.50 bits per heavy atom. The van der Waals surface area contributed by atoms with Gasteiger partial charge in [-0.25, -0.2) is 0 Å². The van der Waals surface area contributed by atoms with Gasteiger partial charge in [-0.05, 0) is 12.5 Å². The number of non-ortho nitro benzene ring substituents is 1. The van der Waals surface area contributed by atoms with Crippen LogP contribution in [0, 0.1) is 17.0 Å². The van der Waals surface area contributed by atoms with E-state index in [9.17, 15) is 10.1 Å². The lowest BCUT2D eigenvalue weighted by atomic mass is 10.1. The highest BCUT2D eigenvalue weighted by atomic mass is 16.6. The number of rotatable bonds is 4. The molecular formula is C12H14N4O2. The first kappa shape index (κ1) is 12.1. The van der Waals surface area contributed by atoms with Crippen molar-refractivity contribution < 1.29 is 4.92 Å². The average molecular weight is 246 g/mol. The van der Waals surface area contributed by atoms with Crippen molar-refractivity contribution in [2.24, 2.45) is 7.05 Å². The van der Waals surface area contributed by atoms with E-state index in [-0.39, 0.29) is 5.69 Å². The van der Waals surface area contributed by atoms with E-state index in [1.165, 1.54) is 6.07 Å². The SMILES string of the molecule is Cc1ccc([N+](=O)[O-])cc1NCc1cnn(C)c1. The fraction of sp³-hybridized carbons (Fsp3) is 0.250. The van der Waals surface area contributed by atoms with Crippen molar-refractivity contribution in [1.82, 2.24) is 9.78 Å². The zero-order chi connectivity index (χ0) is 13.1. The molecule has 0 radical (unpaired) electrons. The molecule has 0 amide bonds. The number of nitrogens with one attached hydrogen (secondary N) is 1. The first-order valence-electron chi connectivity index (χ1n) is 5.52. The van der Waals surface area contributed by atoms with Crippen LogP contribution < -0.4 is 5.32 Å². The number of hydrogen-bond acceptors (Lipinski definition) is 4. The fourth-order valence-corrected chi connectivity index (χ4v) is 1.67. The quantitative estimate of drug-likeness (QED) is 0.663. The van der Waals surface area contributed by atoms with Crippen molar-refractivity contribution in [3.05, 3.63) is 51.8 Å². The van der Waals surface area contributed by atoms with Crippen LogP contribution in [0.4, 0.5) is 11.4 Å². The third-order valence-corrected chi connectivity index (χ3v) is 2.67. The predicted octanol–water partition coefficient (Wildman–Crippen LogP) is 2.25. The topological polar surface area (TPSA) is 73.0 Å². The standard InChI is InChI=1S/C12H14N4O2/c1-9-3-4-11(16(17)18)5-12(9)13-6-10-7-14-15(2)8-10/h3-5,7-8,13H,6H2,1-2H3. The van der Waals surface area contributed by atoms with E-state index in [1.807, 2.05) is 20.2 Å². The van der Waals surface area contributed by atoms with Gasteiger partial charge >= 0.3 is 0 Å². The summed E-state index contributed by atoms with van der Waals surface area (Å²) in [6, 6.07) is 4.79. The van der Waals surface area contributed by atoms with Gasteiger partial charge in [-0.3, -0.25) is 14.8 Å². The molecule has 0 aliphatic heterocycles. The van der Waals surface area contributed by atoms with Crippen molar-refractivity contribution in [2.45, 2.75) is 13.5 Å². The molecule has 0 aliphatic rings. The maximum absolute atomic E-state index is 10.7. The van der Waals surface area contributed by atoms with Gasteiger partial charge in [0.25, 0.3) is 5.69 Å². The zero-order valence-electron chi connectivity index (χ0n) is 10.3. The van der Waals surface area contributed by atoms with Crippen LogP contribution in [-0.2, 0) is 13.6 Å². The minimum absolute atomic E-state index is 0.0919. The van der Waals surface area contributed by atoms with Crippen molar-refractivity contribution in [1.29, 1.82) is 0 Å². The molecule has 0 unspecified atom stereocenters. The van der Waals surface area contributed by atoms with E-state index in [1.54, 1.807) is 23.0 Å². The molecule has 2 aromatic rings. The molecule has 0 saturated heterocycles. The molecule has 94 valence electrons. The first-order chi connectivity index (χ1) is 8.56. The Labute approximate surface area is 104 Å².